The van der Waals surface area contributed by atoms with Gasteiger partial charge < -0.3 is 5.32 Å². The van der Waals surface area contributed by atoms with Crippen molar-refractivity contribution in [2.75, 3.05) is 5.32 Å². The van der Waals surface area contributed by atoms with Gasteiger partial charge in [0.05, 0.1) is 40.9 Å². The van der Waals surface area contributed by atoms with Crippen molar-refractivity contribution in [1.29, 1.82) is 0 Å². The fourth-order valence-corrected chi connectivity index (χ4v) is 4.18. The number of carbonyl (C=O) groups excluding carboxylic acids is 1. The Morgan fingerprint density at radius 2 is 1.88 bits per heavy atom. The zero-order valence-electron chi connectivity index (χ0n) is 18.0. The van der Waals surface area contributed by atoms with Crippen molar-refractivity contribution >= 4 is 23.2 Å². The molecule has 0 unspecified atom stereocenters. The molecule has 176 valence electrons. The van der Waals surface area contributed by atoms with Gasteiger partial charge in [-0.15, -0.1) is 0 Å². The maximum absolute atomic E-state index is 14.0. The largest absolute Gasteiger partial charge is 0.436 e. The van der Waals surface area contributed by atoms with Gasteiger partial charge in [0.15, 0.2) is 5.69 Å². The van der Waals surface area contributed by atoms with Crippen LogP contribution in [0.15, 0.2) is 24.3 Å². The molecule has 1 aliphatic rings. The van der Waals surface area contributed by atoms with E-state index in [1.165, 1.54) is 10.7 Å². The third-order valence-corrected chi connectivity index (χ3v) is 6.01. The lowest BCUT2D eigenvalue weighted by molar-refractivity contribution is -0.141. The van der Waals surface area contributed by atoms with Crippen molar-refractivity contribution in [3.63, 3.8) is 0 Å². The van der Waals surface area contributed by atoms with Crippen molar-refractivity contribution in [2.24, 2.45) is 0 Å². The topological polar surface area (TPSA) is 64.7 Å². The van der Waals surface area contributed by atoms with Crippen LogP contribution in [-0.2, 0) is 24.1 Å². The molecule has 0 saturated heterocycles. The molecule has 1 saturated carbocycles. The van der Waals surface area contributed by atoms with Crippen molar-refractivity contribution in [3.05, 3.63) is 63.4 Å². The number of anilines is 1. The Morgan fingerprint density at radius 3 is 2.52 bits per heavy atom. The highest BCUT2D eigenvalue weighted by Gasteiger charge is 2.42. The predicted octanol–water partition coefficient (Wildman–Crippen LogP) is 5.46. The number of alkyl halides is 3. The molecule has 4 rings (SSSR count). The van der Waals surface area contributed by atoms with E-state index in [4.69, 9.17) is 11.6 Å². The van der Waals surface area contributed by atoms with Gasteiger partial charge in [0, 0.05) is 17.9 Å². The van der Waals surface area contributed by atoms with Crippen LogP contribution < -0.4 is 5.32 Å². The molecule has 3 aromatic rings. The summed E-state index contributed by atoms with van der Waals surface area (Å²) in [4.78, 5) is 12.6. The first-order valence-corrected chi connectivity index (χ1v) is 10.8. The van der Waals surface area contributed by atoms with Gasteiger partial charge in [-0.2, -0.15) is 23.4 Å². The molecule has 1 N–H and O–H groups in total. The van der Waals surface area contributed by atoms with Crippen molar-refractivity contribution in [2.45, 2.75) is 58.3 Å². The number of benzene rings is 1. The van der Waals surface area contributed by atoms with E-state index in [2.05, 4.69) is 15.5 Å². The number of amides is 1. The van der Waals surface area contributed by atoms with E-state index in [9.17, 15) is 22.4 Å². The second-order valence-corrected chi connectivity index (χ2v) is 8.51. The first-order chi connectivity index (χ1) is 15.6. The number of hydrogen-bond acceptors (Lipinski definition) is 3. The molecule has 2 aromatic heterocycles. The van der Waals surface area contributed by atoms with Gasteiger partial charge in [-0.25, -0.2) is 4.39 Å². The third kappa shape index (κ3) is 4.90. The number of aryl methyl sites for hydroxylation is 2. The predicted molar refractivity (Wildman–Crippen MR) is 115 cm³/mol. The molecule has 1 fully saturated rings. The van der Waals surface area contributed by atoms with Gasteiger partial charge in [0.25, 0.3) is 0 Å². The number of nitrogens with one attached hydrogen (secondary N) is 1. The molecular formula is C22H22ClF4N5O. The monoisotopic (exact) mass is 483 g/mol. The van der Waals surface area contributed by atoms with E-state index < -0.39 is 17.8 Å². The van der Waals surface area contributed by atoms with Gasteiger partial charge >= 0.3 is 6.18 Å². The van der Waals surface area contributed by atoms with Crippen LogP contribution in [-0.4, -0.2) is 25.5 Å². The van der Waals surface area contributed by atoms with Crippen molar-refractivity contribution < 1.29 is 22.4 Å². The lowest BCUT2D eigenvalue weighted by atomic mass is 10.2. The second kappa shape index (κ2) is 8.81. The summed E-state index contributed by atoms with van der Waals surface area (Å²) in [6.45, 7) is 3.64. The van der Waals surface area contributed by atoms with E-state index in [1.54, 1.807) is 36.7 Å². The maximum atomic E-state index is 14.0. The molecule has 33 heavy (non-hydrogen) atoms. The Hall–Kier alpha value is -2.88. The van der Waals surface area contributed by atoms with Crippen LogP contribution in [0.3, 0.4) is 0 Å². The number of hydrogen-bond donors (Lipinski definition) is 1. The Balaban J connectivity index is 1.46. The third-order valence-electron chi connectivity index (χ3n) is 5.64. The molecule has 1 amide bonds. The van der Waals surface area contributed by atoms with Crippen molar-refractivity contribution in [1.82, 2.24) is 19.6 Å². The number of carbonyl (C=O) groups is 1. The smallest absolute Gasteiger partial charge is 0.323 e. The fraction of sp³-hybridized carbons (Fsp3) is 0.409. The number of rotatable bonds is 7. The summed E-state index contributed by atoms with van der Waals surface area (Å²) in [5, 5.41) is 10.4. The van der Waals surface area contributed by atoms with Crippen LogP contribution >= 0.6 is 11.6 Å². The van der Waals surface area contributed by atoms with Gasteiger partial charge in [-0.05, 0) is 32.8 Å². The molecular weight excluding hydrogens is 462 g/mol. The van der Waals surface area contributed by atoms with Gasteiger partial charge in [0.1, 0.15) is 5.82 Å². The normalized spacial score (nSPS) is 14.0. The SMILES string of the molecule is Cc1nn(Cc2ccccc2F)c(C)c1NC(=O)CCn1nc(C(F)(F)F)c(Cl)c1C1CC1. The van der Waals surface area contributed by atoms with E-state index in [1.807, 2.05) is 0 Å². The van der Waals surface area contributed by atoms with E-state index in [-0.39, 0.29) is 36.3 Å². The summed E-state index contributed by atoms with van der Waals surface area (Å²) in [6.07, 6.45) is -3.26. The van der Waals surface area contributed by atoms with Gasteiger partial charge in [-0.1, -0.05) is 29.8 Å². The summed E-state index contributed by atoms with van der Waals surface area (Å²) >= 11 is 5.97. The Morgan fingerprint density at radius 1 is 1.18 bits per heavy atom. The summed E-state index contributed by atoms with van der Waals surface area (Å²) in [6, 6.07) is 6.36. The molecule has 2 heterocycles. The molecule has 1 aromatic carbocycles. The molecule has 6 nitrogen and oxygen atoms in total. The van der Waals surface area contributed by atoms with Crippen LogP contribution in [0.2, 0.25) is 5.02 Å². The molecule has 0 bridgehead atoms. The minimum Gasteiger partial charge on any atom is -0.323 e. The highest BCUT2D eigenvalue weighted by atomic mass is 35.5. The van der Waals surface area contributed by atoms with Gasteiger partial charge in [0.2, 0.25) is 5.91 Å². The van der Waals surface area contributed by atoms with Crippen LogP contribution in [0.4, 0.5) is 23.2 Å². The molecule has 11 heteroatoms. The maximum Gasteiger partial charge on any atom is 0.436 e. The minimum absolute atomic E-state index is 0.0328. The van der Waals surface area contributed by atoms with Gasteiger partial charge in [-0.3, -0.25) is 14.2 Å². The second-order valence-electron chi connectivity index (χ2n) is 8.14. The van der Waals surface area contributed by atoms with E-state index in [0.717, 1.165) is 12.8 Å². The molecule has 1 aliphatic carbocycles. The summed E-state index contributed by atoms with van der Waals surface area (Å²) in [5.41, 5.74) is 1.37. The van der Waals surface area contributed by atoms with Crippen LogP contribution in [0.5, 0.6) is 0 Å². The average Bonchev–Trinajstić information content (AvgIpc) is 3.47. The van der Waals surface area contributed by atoms with Crippen LogP contribution in [0.25, 0.3) is 0 Å². The highest BCUT2D eigenvalue weighted by Crippen LogP contribution is 2.46. The van der Waals surface area contributed by atoms with E-state index >= 15 is 0 Å². The Bertz CT molecular complexity index is 1200. The first-order valence-electron chi connectivity index (χ1n) is 10.5. The zero-order valence-corrected chi connectivity index (χ0v) is 18.8. The number of aromatic nitrogens is 4. The lowest BCUT2D eigenvalue weighted by Gasteiger charge is -2.09. The lowest BCUT2D eigenvalue weighted by Crippen LogP contribution is -2.17. The standard InChI is InChI=1S/C22H22ClF4N5O/c1-12-19(13(2)32(29-12)11-15-5-3-4-6-16(15)24)28-17(33)9-10-31-20(14-7-8-14)18(23)21(30-31)22(25,26)27/h3-6,14H,7-11H2,1-2H3,(H,28,33). The average molecular weight is 484 g/mol. The molecule has 0 radical (unpaired) electrons. The first kappa shape index (κ1) is 23.3. The van der Waals surface area contributed by atoms with Crippen LogP contribution in [0, 0.1) is 19.7 Å². The number of halogens is 5. The van der Waals surface area contributed by atoms with Crippen LogP contribution in [0.1, 0.15) is 53.5 Å². The Labute approximate surface area is 192 Å². The molecule has 0 spiro atoms. The zero-order chi connectivity index (χ0) is 23.9. The summed E-state index contributed by atoms with van der Waals surface area (Å²) in [5.74, 6) is -0.808. The summed E-state index contributed by atoms with van der Waals surface area (Å²) in [7, 11) is 0. The minimum atomic E-state index is -4.66. The van der Waals surface area contributed by atoms with E-state index in [0.29, 0.717) is 28.3 Å². The van der Waals surface area contributed by atoms with Crippen molar-refractivity contribution in [3.8, 4) is 0 Å². The Kier molecular flexibility index (Phi) is 6.22. The quantitative estimate of drug-likeness (QED) is 0.454. The molecule has 0 atom stereocenters. The highest BCUT2D eigenvalue weighted by molar-refractivity contribution is 6.32. The summed E-state index contributed by atoms with van der Waals surface area (Å²) < 4.78 is 56.4. The fourth-order valence-electron chi connectivity index (χ4n) is 3.78. The molecule has 0 aliphatic heterocycles. The number of nitrogens with zero attached hydrogens (tertiary/aromatic N) is 4.